The van der Waals surface area contributed by atoms with Gasteiger partial charge in [-0.15, -0.1) is 0 Å². The fourth-order valence-electron chi connectivity index (χ4n) is 3.83. The first-order valence-corrected chi connectivity index (χ1v) is 11.3. The molecule has 1 aromatic carbocycles. The van der Waals surface area contributed by atoms with Crippen molar-refractivity contribution in [2.45, 2.75) is 39.5 Å². The first-order valence-electron chi connectivity index (χ1n) is 10.2. The summed E-state index contributed by atoms with van der Waals surface area (Å²) in [7, 11) is 0. The number of halogens is 1. The van der Waals surface area contributed by atoms with E-state index < -0.39 is 0 Å². The van der Waals surface area contributed by atoms with Crippen molar-refractivity contribution in [2.75, 3.05) is 25.1 Å². The van der Waals surface area contributed by atoms with Crippen LogP contribution in [0.15, 0.2) is 35.5 Å². The molecule has 2 atom stereocenters. The average molecular weight is 449 g/mol. The molecule has 0 N–H and O–H groups in total. The lowest BCUT2D eigenvalue weighted by Crippen LogP contribution is -2.45. The highest BCUT2D eigenvalue weighted by molar-refractivity contribution is 9.09. The maximum Gasteiger partial charge on any atom is 0.246 e. The number of ether oxygens (including phenoxy) is 2. The molecule has 3 rings (SSSR count). The molecule has 5 nitrogen and oxygen atoms in total. The van der Waals surface area contributed by atoms with Crippen LogP contribution in [0.25, 0.3) is 0 Å². The van der Waals surface area contributed by atoms with Crippen molar-refractivity contribution >= 4 is 27.5 Å². The molecular weight excluding hydrogens is 420 g/mol. The highest BCUT2D eigenvalue weighted by Gasteiger charge is 2.39. The summed E-state index contributed by atoms with van der Waals surface area (Å²) in [6, 6.07) is 6.00. The number of hydrazone groups is 1. The predicted molar refractivity (Wildman–Crippen MR) is 115 cm³/mol. The molecule has 152 valence electrons. The molecule has 1 aliphatic carbocycles. The van der Waals surface area contributed by atoms with Crippen molar-refractivity contribution in [1.82, 2.24) is 5.01 Å². The van der Waals surface area contributed by atoms with E-state index in [1.54, 1.807) is 5.01 Å². The number of rotatable bonds is 9. The first-order chi connectivity index (χ1) is 13.7. The molecule has 1 aliphatic heterocycles. The number of amides is 1. The largest absolute Gasteiger partial charge is 0.490 e. The molecule has 1 heterocycles. The standard InChI is InChI=1S/C22H29BrN2O3/c1-3-27-19-12-11-16(15-20(19)28-4-2)21-17-9-5-6-10-18(17)22(26)25(24-21)14-8-7-13-23/h5-6,11-12,15,17-18H,3-4,7-10,13-14H2,1-2H3/t17-,18+/m0/s1. The number of unbranched alkanes of at least 4 members (excludes halogenated alkanes) is 1. The molecule has 0 saturated carbocycles. The lowest BCUT2D eigenvalue weighted by atomic mass is 9.76. The van der Waals surface area contributed by atoms with Gasteiger partial charge in [-0.2, -0.15) is 5.10 Å². The van der Waals surface area contributed by atoms with E-state index in [1.807, 2.05) is 32.0 Å². The molecule has 6 heteroatoms. The third-order valence-corrected chi connectivity index (χ3v) is 5.74. The van der Waals surface area contributed by atoms with Gasteiger partial charge in [0.15, 0.2) is 11.5 Å². The minimum absolute atomic E-state index is 0.0245. The highest BCUT2D eigenvalue weighted by Crippen LogP contribution is 2.37. The quantitative estimate of drug-likeness (QED) is 0.310. The van der Waals surface area contributed by atoms with E-state index in [4.69, 9.17) is 14.6 Å². The highest BCUT2D eigenvalue weighted by atomic mass is 79.9. The Kier molecular flexibility index (Phi) is 7.54. The van der Waals surface area contributed by atoms with Gasteiger partial charge in [0.1, 0.15) is 0 Å². The van der Waals surface area contributed by atoms with Crippen molar-refractivity contribution in [3.8, 4) is 11.5 Å². The monoisotopic (exact) mass is 448 g/mol. The fraction of sp³-hybridized carbons (Fsp3) is 0.545. The van der Waals surface area contributed by atoms with Gasteiger partial charge in [-0.3, -0.25) is 4.79 Å². The van der Waals surface area contributed by atoms with Crippen LogP contribution in [0.1, 0.15) is 45.1 Å². The Labute approximate surface area is 175 Å². The number of nitrogens with zero attached hydrogens (tertiary/aromatic N) is 2. The normalized spacial score (nSPS) is 21.3. The molecule has 0 spiro atoms. The summed E-state index contributed by atoms with van der Waals surface area (Å²) in [5, 5.41) is 7.45. The van der Waals surface area contributed by atoms with Gasteiger partial charge >= 0.3 is 0 Å². The average Bonchev–Trinajstić information content (AvgIpc) is 2.72. The Balaban J connectivity index is 1.96. The molecule has 1 aromatic rings. The smallest absolute Gasteiger partial charge is 0.246 e. The van der Waals surface area contributed by atoms with E-state index in [0.717, 1.165) is 53.8 Å². The van der Waals surface area contributed by atoms with Crippen LogP contribution in [0.4, 0.5) is 0 Å². The summed E-state index contributed by atoms with van der Waals surface area (Å²) >= 11 is 3.46. The zero-order chi connectivity index (χ0) is 19.9. The van der Waals surface area contributed by atoms with Crippen molar-refractivity contribution < 1.29 is 14.3 Å². The van der Waals surface area contributed by atoms with Crippen LogP contribution in [-0.4, -0.2) is 41.7 Å². The summed E-state index contributed by atoms with van der Waals surface area (Å²) < 4.78 is 11.5. The number of carbonyl (C=O) groups is 1. The second-order valence-corrected chi connectivity index (χ2v) is 7.82. The van der Waals surface area contributed by atoms with Crippen LogP contribution >= 0.6 is 15.9 Å². The molecule has 1 amide bonds. The van der Waals surface area contributed by atoms with Crippen molar-refractivity contribution in [3.05, 3.63) is 35.9 Å². The maximum atomic E-state index is 13.0. The second-order valence-electron chi connectivity index (χ2n) is 7.03. The minimum Gasteiger partial charge on any atom is -0.490 e. The lowest BCUT2D eigenvalue weighted by molar-refractivity contribution is -0.137. The number of fused-ring (bicyclic) bond motifs is 1. The van der Waals surface area contributed by atoms with Gasteiger partial charge in [0.25, 0.3) is 0 Å². The van der Waals surface area contributed by atoms with E-state index in [0.29, 0.717) is 19.8 Å². The molecule has 0 aromatic heterocycles. The van der Waals surface area contributed by atoms with Gasteiger partial charge in [-0.1, -0.05) is 28.1 Å². The van der Waals surface area contributed by atoms with Gasteiger partial charge in [0, 0.05) is 23.4 Å². The van der Waals surface area contributed by atoms with Crippen LogP contribution in [0.3, 0.4) is 0 Å². The Hall–Kier alpha value is -1.82. The topological polar surface area (TPSA) is 51.1 Å². The number of carbonyl (C=O) groups excluding carboxylic acids is 1. The molecule has 0 fully saturated rings. The molecular formula is C22H29BrN2O3. The SMILES string of the molecule is CCOc1ccc(C2=NN(CCCCBr)C(=O)[C@@H]3CC=CC[C@H]23)cc1OCC. The van der Waals surface area contributed by atoms with Crippen LogP contribution in [0, 0.1) is 11.8 Å². The number of alkyl halides is 1. The van der Waals surface area contributed by atoms with Crippen LogP contribution in [-0.2, 0) is 4.79 Å². The van der Waals surface area contributed by atoms with Crippen LogP contribution < -0.4 is 9.47 Å². The third-order valence-electron chi connectivity index (χ3n) is 5.18. The van der Waals surface area contributed by atoms with Crippen molar-refractivity contribution in [2.24, 2.45) is 16.9 Å². The van der Waals surface area contributed by atoms with Gasteiger partial charge in [0.05, 0.1) is 24.8 Å². The number of hydrogen-bond acceptors (Lipinski definition) is 4. The van der Waals surface area contributed by atoms with E-state index in [-0.39, 0.29) is 17.7 Å². The Morgan fingerprint density at radius 2 is 1.79 bits per heavy atom. The van der Waals surface area contributed by atoms with Crippen LogP contribution in [0.2, 0.25) is 0 Å². The van der Waals surface area contributed by atoms with Gasteiger partial charge < -0.3 is 9.47 Å². The molecule has 2 aliphatic rings. The summed E-state index contributed by atoms with van der Waals surface area (Å²) in [5.74, 6) is 1.73. The van der Waals surface area contributed by atoms with Gasteiger partial charge in [0.2, 0.25) is 5.91 Å². The summed E-state index contributed by atoms with van der Waals surface area (Å²) in [4.78, 5) is 13.0. The van der Waals surface area contributed by atoms with E-state index in [9.17, 15) is 4.79 Å². The molecule has 0 radical (unpaired) electrons. The van der Waals surface area contributed by atoms with Gasteiger partial charge in [-0.25, -0.2) is 5.01 Å². The predicted octanol–water partition coefficient (Wildman–Crippen LogP) is 4.79. The summed E-state index contributed by atoms with van der Waals surface area (Å²) in [6.45, 7) is 5.75. The summed E-state index contributed by atoms with van der Waals surface area (Å²) in [6.07, 6.45) is 7.90. The van der Waals surface area contributed by atoms with E-state index >= 15 is 0 Å². The summed E-state index contributed by atoms with van der Waals surface area (Å²) in [5.41, 5.74) is 1.99. The number of allylic oxidation sites excluding steroid dienone is 2. The molecule has 28 heavy (non-hydrogen) atoms. The van der Waals surface area contributed by atoms with E-state index in [2.05, 4.69) is 28.1 Å². The van der Waals surface area contributed by atoms with E-state index in [1.165, 1.54) is 0 Å². The van der Waals surface area contributed by atoms with Crippen LogP contribution in [0.5, 0.6) is 11.5 Å². The molecule has 0 saturated heterocycles. The fourth-order valence-corrected chi connectivity index (χ4v) is 4.23. The van der Waals surface area contributed by atoms with Crippen molar-refractivity contribution in [3.63, 3.8) is 0 Å². The number of hydrogen-bond donors (Lipinski definition) is 0. The Morgan fingerprint density at radius 3 is 2.50 bits per heavy atom. The number of benzene rings is 1. The second kappa shape index (κ2) is 10.1. The van der Waals surface area contributed by atoms with Gasteiger partial charge in [-0.05, 0) is 57.7 Å². The lowest BCUT2D eigenvalue weighted by Gasteiger charge is -2.37. The molecule has 0 bridgehead atoms. The Bertz CT molecular complexity index is 747. The first kappa shape index (κ1) is 20.9. The Morgan fingerprint density at radius 1 is 1.07 bits per heavy atom. The molecule has 0 unspecified atom stereocenters. The maximum absolute atomic E-state index is 13.0. The third kappa shape index (κ3) is 4.59. The minimum atomic E-state index is -0.0245. The zero-order valence-electron chi connectivity index (χ0n) is 16.7. The van der Waals surface area contributed by atoms with Crippen molar-refractivity contribution in [1.29, 1.82) is 0 Å². The zero-order valence-corrected chi connectivity index (χ0v) is 18.3.